The Labute approximate surface area is 197 Å². The largest absolute Gasteiger partial charge is 0.377 e. The molecule has 34 heavy (non-hydrogen) atoms. The van der Waals surface area contributed by atoms with Crippen molar-refractivity contribution in [3.8, 4) is 0 Å². The average molecular weight is 499 g/mol. The van der Waals surface area contributed by atoms with Crippen molar-refractivity contribution in [1.29, 1.82) is 0 Å². The van der Waals surface area contributed by atoms with Crippen LogP contribution in [0, 0.1) is 0 Å². The Balaban J connectivity index is 1.53. The minimum absolute atomic E-state index is 0.0490. The molecule has 0 amide bonds. The second-order valence-electron chi connectivity index (χ2n) is 7.77. The van der Waals surface area contributed by atoms with Gasteiger partial charge in [-0.3, -0.25) is 0 Å². The summed E-state index contributed by atoms with van der Waals surface area (Å²) in [5.41, 5.74) is 0.795. The van der Waals surface area contributed by atoms with Crippen LogP contribution in [0.4, 0.5) is 5.69 Å². The summed E-state index contributed by atoms with van der Waals surface area (Å²) in [6.07, 6.45) is 0. The van der Waals surface area contributed by atoms with Crippen LogP contribution < -0.4 is 9.62 Å². The van der Waals surface area contributed by atoms with Crippen LogP contribution in [-0.4, -0.2) is 43.4 Å². The average Bonchev–Trinajstić information content (AvgIpc) is 2.81. The predicted molar refractivity (Wildman–Crippen MR) is 131 cm³/mol. The van der Waals surface area contributed by atoms with E-state index in [1.807, 2.05) is 37.2 Å². The first-order chi connectivity index (χ1) is 16.1. The first-order valence-electron chi connectivity index (χ1n) is 10.2. The van der Waals surface area contributed by atoms with Gasteiger partial charge in [0.1, 0.15) is 11.4 Å². The molecule has 0 aliphatic carbocycles. The molecule has 1 N–H and O–H groups in total. The fourth-order valence-corrected chi connectivity index (χ4v) is 5.73. The lowest BCUT2D eigenvalue weighted by Crippen LogP contribution is -2.31. The Morgan fingerprint density at radius 2 is 1.50 bits per heavy atom. The molecule has 0 spiro atoms. The molecular formula is C24H22N2O6S2. The van der Waals surface area contributed by atoms with E-state index >= 15 is 0 Å². The highest BCUT2D eigenvalue weighted by molar-refractivity contribution is 7.89. The number of benzene rings is 4. The van der Waals surface area contributed by atoms with E-state index in [2.05, 4.69) is 4.72 Å². The minimum Gasteiger partial charge on any atom is -0.377 e. The van der Waals surface area contributed by atoms with Crippen molar-refractivity contribution in [2.24, 2.45) is 0 Å². The van der Waals surface area contributed by atoms with Crippen LogP contribution in [0.5, 0.6) is 0 Å². The zero-order valence-corrected chi connectivity index (χ0v) is 20.1. The van der Waals surface area contributed by atoms with Crippen LogP contribution >= 0.6 is 0 Å². The number of fused-ring (bicyclic) bond motifs is 2. The summed E-state index contributed by atoms with van der Waals surface area (Å²) < 4.78 is 57.8. The summed E-state index contributed by atoms with van der Waals surface area (Å²) in [6, 6.07) is 21.6. The summed E-state index contributed by atoms with van der Waals surface area (Å²) in [5.74, 6) is -1.25. The number of rotatable bonds is 7. The molecule has 0 aliphatic rings. The number of carbonyl (C=O) groups is 1. The van der Waals surface area contributed by atoms with Gasteiger partial charge in [0, 0.05) is 30.6 Å². The van der Waals surface area contributed by atoms with Crippen LogP contribution in [0.3, 0.4) is 0 Å². The van der Waals surface area contributed by atoms with E-state index in [-0.39, 0.29) is 9.79 Å². The lowest BCUT2D eigenvalue weighted by molar-refractivity contribution is -0.132. The number of nitrogens with zero attached hydrogens (tertiary/aromatic N) is 1. The molecule has 0 heterocycles. The molecule has 0 aromatic heterocycles. The highest BCUT2D eigenvalue weighted by Gasteiger charge is 2.25. The summed E-state index contributed by atoms with van der Waals surface area (Å²) in [6.45, 7) is -0.845. The second-order valence-corrected chi connectivity index (χ2v) is 11.0. The van der Waals surface area contributed by atoms with E-state index in [1.54, 1.807) is 42.5 Å². The van der Waals surface area contributed by atoms with E-state index in [1.165, 1.54) is 18.2 Å². The van der Waals surface area contributed by atoms with Crippen molar-refractivity contribution in [2.45, 2.75) is 9.79 Å². The van der Waals surface area contributed by atoms with Gasteiger partial charge in [-0.15, -0.1) is 0 Å². The van der Waals surface area contributed by atoms with E-state index in [4.69, 9.17) is 4.18 Å². The van der Waals surface area contributed by atoms with E-state index in [9.17, 15) is 21.6 Å². The Morgan fingerprint density at radius 3 is 2.24 bits per heavy atom. The molecule has 4 aromatic rings. The third kappa shape index (κ3) is 4.74. The third-order valence-corrected chi connectivity index (χ3v) is 7.95. The zero-order valence-electron chi connectivity index (χ0n) is 18.4. The lowest BCUT2D eigenvalue weighted by Gasteiger charge is -2.16. The molecule has 4 aromatic carbocycles. The maximum absolute atomic E-state index is 12.8. The summed E-state index contributed by atoms with van der Waals surface area (Å²) >= 11 is 0. The fraction of sp³-hybridized carbons (Fsp3) is 0.125. The quantitative estimate of drug-likeness (QED) is 0.390. The van der Waals surface area contributed by atoms with Crippen LogP contribution in [0.2, 0.25) is 0 Å². The van der Waals surface area contributed by atoms with Crippen molar-refractivity contribution in [2.75, 3.05) is 25.5 Å². The lowest BCUT2D eigenvalue weighted by atomic mass is 10.1. The number of hydrogen-bond acceptors (Lipinski definition) is 7. The topological polar surface area (TPSA) is 110 Å². The van der Waals surface area contributed by atoms with Gasteiger partial charge in [-0.25, -0.2) is 13.2 Å². The van der Waals surface area contributed by atoms with Crippen LogP contribution in [-0.2, 0) is 29.1 Å². The number of sulfonamides is 1. The molecule has 8 nitrogen and oxygen atoms in total. The van der Waals surface area contributed by atoms with Crippen molar-refractivity contribution >= 4 is 53.3 Å². The van der Waals surface area contributed by atoms with E-state index in [0.717, 1.165) is 11.1 Å². The SMILES string of the molecule is CN(C)c1cccc2c(S(=O)(=O)OC(=O)CNS(=O)(=O)c3ccc4ccccc4c3)cccc12. The summed E-state index contributed by atoms with van der Waals surface area (Å²) in [5, 5.41) is 2.63. The van der Waals surface area contributed by atoms with Crippen molar-refractivity contribution in [3.05, 3.63) is 78.9 Å². The molecule has 176 valence electrons. The third-order valence-electron chi connectivity index (χ3n) is 5.25. The summed E-state index contributed by atoms with van der Waals surface area (Å²) in [7, 11) is -4.90. The Morgan fingerprint density at radius 1 is 0.824 bits per heavy atom. The van der Waals surface area contributed by atoms with Crippen molar-refractivity contribution in [3.63, 3.8) is 0 Å². The van der Waals surface area contributed by atoms with Gasteiger partial charge in [-0.2, -0.15) is 13.1 Å². The molecule has 0 saturated carbocycles. The van der Waals surface area contributed by atoms with E-state index < -0.39 is 32.7 Å². The standard InChI is InChI=1S/C24H22N2O6S2/c1-26(2)22-11-5-10-21-20(22)9-6-12-23(21)34(30,31)32-24(27)16-25-33(28,29)19-14-13-17-7-3-4-8-18(17)15-19/h3-15,25H,16H2,1-2H3. The van der Waals surface area contributed by atoms with Crippen LogP contribution in [0.25, 0.3) is 21.5 Å². The molecule has 0 fully saturated rings. The number of hydrogen-bond donors (Lipinski definition) is 1. The normalized spacial score (nSPS) is 12.1. The fourth-order valence-electron chi connectivity index (χ4n) is 3.64. The van der Waals surface area contributed by atoms with Crippen molar-refractivity contribution < 1.29 is 25.8 Å². The monoisotopic (exact) mass is 498 g/mol. The van der Waals surface area contributed by atoms with Gasteiger partial charge >= 0.3 is 16.1 Å². The molecule has 4 rings (SSSR count). The molecule has 0 saturated heterocycles. The van der Waals surface area contributed by atoms with Crippen molar-refractivity contribution in [1.82, 2.24) is 4.72 Å². The van der Waals surface area contributed by atoms with Gasteiger partial charge < -0.3 is 9.08 Å². The Bertz CT molecular complexity index is 1610. The molecule has 0 atom stereocenters. The summed E-state index contributed by atoms with van der Waals surface area (Å²) in [4.78, 5) is 13.9. The maximum atomic E-state index is 12.8. The minimum atomic E-state index is -4.49. The smallest absolute Gasteiger partial charge is 0.342 e. The number of anilines is 1. The second kappa shape index (κ2) is 9.05. The molecular weight excluding hydrogens is 476 g/mol. The maximum Gasteiger partial charge on any atom is 0.342 e. The van der Waals surface area contributed by atoms with Gasteiger partial charge in [0.15, 0.2) is 0 Å². The van der Waals surface area contributed by atoms with E-state index in [0.29, 0.717) is 16.2 Å². The van der Waals surface area contributed by atoms with Gasteiger partial charge in [0.25, 0.3) is 0 Å². The predicted octanol–water partition coefficient (Wildman–Crippen LogP) is 3.27. The highest BCUT2D eigenvalue weighted by Crippen LogP contribution is 2.31. The Hall–Kier alpha value is -3.47. The highest BCUT2D eigenvalue weighted by atomic mass is 32.2. The molecule has 0 bridgehead atoms. The first kappa shape index (κ1) is 23.7. The Kier molecular flexibility index (Phi) is 6.30. The van der Waals surface area contributed by atoms with Gasteiger partial charge in [0.05, 0.1) is 4.90 Å². The van der Waals surface area contributed by atoms with Gasteiger partial charge in [-0.05, 0) is 35.0 Å². The molecule has 10 heteroatoms. The van der Waals surface area contributed by atoms with Crippen LogP contribution in [0.1, 0.15) is 0 Å². The molecule has 0 unspecified atom stereocenters. The van der Waals surface area contributed by atoms with Gasteiger partial charge in [-0.1, -0.05) is 54.6 Å². The molecule has 0 radical (unpaired) electrons. The zero-order chi connectivity index (χ0) is 24.5. The van der Waals surface area contributed by atoms with Gasteiger partial charge in [0.2, 0.25) is 10.0 Å². The first-order valence-corrected chi connectivity index (χ1v) is 13.1. The number of nitrogens with one attached hydrogen (secondary N) is 1. The van der Waals surface area contributed by atoms with Crippen LogP contribution in [0.15, 0.2) is 88.7 Å². The number of carbonyl (C=O) groups excluding carboxylic acids is 1. The molecule has 0 aliphatic heterocycles.